The molecule has 0 saturated carbocycles. The third-order valence-corrected chi connectivity index (χ3v) is 3.49. The van der Waals surface area contributed by atoms with E-state index in [4.69, 9.17) is 0 Å². The average molecular weight is 234 g/mol. The Morgan fingerprint density at radius 1 is 1.29 bits per heavy atom. The van der Waals surface area contributed by atoms with E-state index in [1.54, 1.807) is 0 Å². The van der Waals surface area contributed by atoms with Gasteiger partial charge in [-0.3, -0.25) is 0 Å². The lowest BCUT2D eigenvalue weighted by molar-refractivity contribution is 0.391. The minimum atomic E-state index is 0.811. The Labute approximate surface area is 103 Å². The summed E-state index contributed by atoms with van der Waals surface area (Å²) in [5.41, 5.74) is 1.21. The molecule has 4 nitrogen and oxygen atoms in total. The summed E-state index contributed by atoms with van der Waals surface area (Å²) in [6.45, 7) is 5.42. The van der Waals surface area contributed by atoms with Gasteiger partial charge in [0.25, 0.3) is 0 Å². The quantitative estimate of drug-likeness (QED) is 0.856. The predicted molar refractivity (Wildman–Crippen MR) is 70.3 cm³/mol. The molecule has 0 unspecified atom stereocenters. The molecule has 17 heavy (non-hydrogen) atoms. The molecular weight excluding hydrogens is 212 g/mol. The standard InChI is InChI=1S/C13H22N4/c1-3-11-9-15-13(16-10-11)17-6-4-12(5-7-17)8-14-2/h9-10,12,14H,3-8H2,1-2H3. The first-order valence-electron chi connectivity index (χ1n) is 6.54. The van der Waals surface area contributed by atoms with Crippen LogP contribution in [0.4, 0.5) is 5.95 Å². The minimum Gasteiger partial charge on any atom is -0.341 e. The van der Waals surface area contributed by atoms with Crippen LogP contribution in [0, 0.1) is 5.92 Å². The third kappa shape index (κ3) is 3.16. The molecule has 1 aromatic heterocycles. The molecule has 4 heteroatoms. The number of hydrogen-bond acceptors (Lipinski definition) is 4. The van der Waals surface area contributed by atoms with Crippen LogP contribution in [0.1, 0.15) is 25.3 Å². The van der Waals surface area contributed by atoms with E-state index in [0.29, 0.717) is 0 Å². The molecule has 2 heterocycles. The Morgan fingerprint density at radius 2 is 1.94 bits per heavy atom. The Balaban J connectivity index is 1.91. The van der Waals surface area contributed by atoms with E-state index in [9.17, 15) is 0 Å². The Kier molecular flexibility index (Phi) is 4.31. The van der Waals surface area contributed by atoms with E-state index in [2.05, 4.69) is 27.1 Å². The predicted octanol–water partition coefficient (Wildman–Crippen LogP) is 1.47. The van der Waals surface area contributed by atoms with E-state index in [1.807, 2.05) is 19.4 Å². The first kappa shape index (κ1) is 12.3. The lowest BCUT2D eigenvalue weighted by atomic mass is 9.97. The topological polar surface area (TPSA) is 41.1 Å². The maximum Gasteiger partial charge on any atom is 0.225 e. The highest BCUT2D eigenvalue weighted by Crippen LogP contribution is 2.19. The summed E-state index contributed by atoms with van der Waals surface area (Å²) in [7, 11) is 2.03. The van der Waals surface area contributed by atoms with Crippen molar-refractivity contribution in [2.75, 3.05) is 31.6 Å². The number of rotatable bonds is 4. The summed E-state index contributed by atoms with van der Waals surface area (Å²) in [6, 6.07) is 0. The van der Waals surface area contributed by atoms with Crippen LogP contribution >= 0.6 is 0 Å². The van der Waals surface area contributed by atoms with Crippen molar-refractivity contribution in [1.82, 2.24) is 15.3 Å². The van der Waals surface area contributed by atoms with Crippen LogP contribution in [0.15, 0.2) is 12.4 Å². The molecule has 0 amide bonds. The summed E-state index contributed by atoms with van der Waals surface area (Å²) in [5, 5.41) is 3.26. The lowest BCUT2D eigenvalue weighted by Crippen LogP contribution is -2.37. The number of nitrogens with zero attached hydrogens (tertiary/aromatic N) is 3. The largest absolute Gasteiger partial charge is 0.341 e. The van der Waals surface area contributed by atoms with E-state index in [1.165, 1.54) is 18.4 Å². The van der Waals surface area contributed by atoms with Gasteiger partial charge in [0.1, 0.15) is 0 Å². The number of anilines is 1. The molecule has 0 bridgehead atoms. The molecular formula is C13H22N4. The summed E-state index contributed by atoms with van der Waals surface area (Å²) < 4.78 is 0. The molecule has 2 rings (SSSR count). The number of nitrogens with one attached hydrogen (secondary N) is 1. The first-order valence-corrected chi connectivity index (χ1v) is 6.54. The van der Waals surface area contributed by atoms with E-state index >= 15 is 0 Å². The van der Waals surface area contributed by atoms with Crippen LogP contribution in [0.2, 0.25) is 0 Å². The molecule has 1 aromatic rings. The molecule has 0 atom stereocenters. The van der Waals surface area contributed by atoms with Crippen LogP contribution in [0.3, 0.4) is 0 Å². The zero-order valence-electron chi connectivity index (χ0n) is 10.8. The van der Waals surface area contributed by atoms with Crippen molar-refractivity contribution >= 4 is 5.95 Å². The molecule has 0 radical (unpaired) electrons. The molecule has 0 aliphatic carbocycles. The van der Waals surface area contributed by atoms with Gasteiger partial charge in [0.2, 0.25) is 5.95 Å². The second kappa shape index (κ2) is 5.96. The maximum absolute atomic E-state index is 4.44. The van der Waals surface area contributed by atoms with Gasteiger partial charge in [-0.05, 0) is 44.3 Å². The van der Waals surface area contributed by atoms with Crippen LogP contribution < -0.4 is 10.2 Å². The maximum atomic E-state index is 4.44. The molecule has 1 fully saturated rings. The molecule has 94 valence electrons. The smallest absolute Gasteiger partial charge is 0.225 e. The van der Waals surface area contributed by atoms with Crippen LogP contribution in [0.25, 0.3) is 0 Å². The number of piperidine rings is 1. The van der Waals surface area contributed by atoms with Gasteiger partial charge in [-0.2, -0.15) is 0 Å². The van der Waals surface area contributed by atoms with Crippen molar-refractivity contribution in [3.8, 4) is 0 Å². The van der Waals surface area contributed by atoms with Gasteiger partial charge in [-0.15, -0.1) is 0 Å². The number of aryl methyl sites for hydroxylation is 1. The fourth-order valence-electron chi connectivity index (χ4n) is 2.32. The van der Waals surface area contributed by atoms with Crippen molar-refractivity contribution < 1.29 is 0 Å². The molecule has 1 aliphatic heterocycles. The number of hydrogen-bond donors (Lipinski definition) is 1. The highest BCUT2D eigenvalue weighted by molar-refractivity contribution is 5.30. The van der Waals surface area contributed by atoms with Gasteiger partial charge in [-0.1, -0.05) is 6.92 Å². The van der Waals surface area contributed by atoms with Crippen molar-refractivity contribution in [3.63, 3.8) is 0 Å². The van der Waals surface area contributed by atoms with Gasteiger partial charge in [0, 0.05) is 25.5 Å². The lowest BCUT2D eigenvalue weighted by Gasteiger charge is -2.31. The van der Waals surface area contributed by atoms with Crippen molar-refractivity contribution in [3.05, 3.63) is 18.0 Å². The monoisotopic (exact) mass is 234 g/mol. The van der Waals surface area contributed by atoms with Crippen LogP contribution in [-0.4, -0.2) is 36.6 Å². The van der Waals surface area contributed by atoms with Gasteiger partial charge >= 0.3 is 0 Å². The first-order chi connectivity index (χ1) is 8.33. The third-order valence-electron chi connectivity index (χ3n) is 3.49. The molecule has 1 N–H and O–H groups in total. The number of aromatic nitrogens is 2. The second-order valence-electron chi connectivity index (χ2n) is 4.73. The van der Waals surface area contributed by atoms with Gasteiger partial charge in [0.05, 0.1) is 0 Å². The van der Waals surface area contributed by atoms with Gasteiger partial charge in [-0.25, -0.2) is 9.97 Å². The molecule has 0 spiro atoms. The highest BCUT2D eigenvalue weighted by atomic mass is 15.2. The molecule has 0 aromatic carbocycles. The Hall–Kier alpha value is -1.16. The molecule has 1 aliphatic rings. The van der Waals surface area contributed by atoms with E-state index in [0.717, 1.165) is 37.9 Å². The summed E-state index contributed by atoms with van der Waals surface area (Å²) in [5.74, 6) is 1.70. The van der Waals surface area contributed by atoms with Crippen LogP contribution in [-0.2, 0) is 6.42 Å². The average Bonchev–Trinajstić information content (AvgIpc) is 2.40. The van der Waals surface area contributed by atoms with Crippen molar-refractivity contribution in [2.45, 2.75) is 26.2 Å². The summed E-state index contributed by atoms with van der Waals surface area (Å²) in [6.07, 6.45) is 7.37. The summed E-state index contributed by atoms with van der Waals surface area (Å²) in [4.78, 5) is 11.2. The Morgan fingerprint density at radius 3 is 2.47 bits per heavy atom. The summed E-state index contributed by atoms with van der Waals surface area (Å²) >= 11 is 0. The fourth-order valence-corrected chi connectivity index (χ4v) is 2.32. The van der Waals surface area contributed by atoms with E-state index in [-0.39, 0.29) is 0 Å². The minimum absolute atomic E-state index is 0.811. The fraction of sp³-hybridized carbons (Fsp3) is 0.692. The highest BCUT2D eigenvalue weighted by Gasteiger charge is 2.20. The van der Waals surface area contributed by atoms with Crippen molar-refractivity contribution in [1.29, 1.82) is 0 Å². The van der Waals surface area contributed by atoms with Gasteiger partial charge in [0.15, 0.2) is 0 Å². The SMILES string of the molecule is CCc1cnc(N2CCC(CNC)CC2)nc1. The van der Waals surface area contributed by atoms with Crippen molar-refractivity contribution in [2.24, 2.45) is 5.92 Å². The zero-order valence-corrected chi connectivity index (χ0v) is 10.8. The van der Waals surface area contributed by atoms with Gasteiger partial charge < -0.3 is 10.2 Å². The van der Waals surface area contributed by atoms with E-state index < -0.39 is 0 Å². The second-order valence-corrected chi connectivity index (χ2v) is 4.73. The Bertz CT molecular complexity index is 328. The molecule has 1 saturated heterocycles. The zero-order chi connectivity index (χ0) is 12.1. The normalized spacial score (nSPS) is 17.4. The van der Waals surface area contributed by atoms with Crippen LogP contribution in [0.5, 0.6) is 0 Å².